The molecule has 0 amide bonds. The zero-order valence-electron chi connectivity index (χ0n) is 12.5. The number of ether oxygens (including phenoxy) is 1. The van der Waals surface area contributed by atoms with E-state index in [0.29, 0.717) is 0 Å². The van der Waals surface area contributed by atoms with Crippen LogP contribution in [0.4, 0.5) is 0 Å². The van der Waals surface area contributed by atoms with E-state index in [2.05, 4.69) is 12.1 Å². The molecule has 0 radical (unpaired) electrons. The Balaban J connectivity index is 1.55. The van der Waals surface area contributed by atoms with E-state index in [1.165, 1.54) is 11.6 Å². The van der Waals surface area contributed by atoms with Crippen molar-refractivity contribution in [2.75, 3.05) is 0 Å². The molecule has 0 aliphatic heterocycles. The van der Waals surface area contributed by atoms with E-state index in [9.17, 15) is 4.79 Å². The van der Waals surface area contributed by atoms with Gasteiger partial charge in [-0.15, -0.1) is 0 Å². The summed E-state index contributed by atoms with van der Waals surface area (Å²) in [5.41, 5.74) is 4.31. The lowest BCUT2D eigenvalue weighted by molar-refractivity contribution is -0.138. The summed E-state index contributed by atoms with van der Waals surface area (Å²) in [6.07, 6.45) is 3.22. The molecule has 23 heavy (non-hydrogen) atoms. The zero-order chi connectivity index (χ0) is 15.9. The van der Waals surface area contributed by atoms with E-state index in [1.807, 2.05) is 59.3 Å². The van der Waals surface area contributed by atoms with E-state index in [1.54, 1.807) is 17.4 Å². The van der Waals surface area contributed by atoms with Gasteiger partial charge < -0.3 is 4.74 Å². The van der Waals surface area contributed by atoms with Crippen molar-refractivity contribution < 1.29 is 9.53 Å². The van der Waals surface area contributed by atoms with Crippen LogP contribution in [0.5, 0.6) is 0 Å². The molecule has 0 N–H and O–H groups in total. The quantitative estimate of drug-likeness (QED) is 0.479. The van der Waals surface area contributed by atoms with Crippen molar-refractivity contribution in [3.05, 3.63) is 88.6 Å². The Hall–Kier alpha value is -2.65. The number of rotatable bonds is 5. The standard InChI is InChI=1S/C20H16O2S/c21-20(11-8-17-12-13-23-15-17)22-14-16-6-9-19(10-7-16)18-4-2-1-3-5-18/h1-13,15H,14H2/b11-8+. The molecule has 0 atom stereocenters. The van der Waals surface area contributed by atoms with Crippen LogP contribution >= 0.6 is 11.3 Å². The summed E-state index contributed by atoms with van der Waals surface area (Å²) in [6, 6.07) is 20.2. The molecule has 0 unspecified atom stereocenters. The van der Waals surface area contributed by atoms with Crippen molar-refractivity contribution >= 4 is 23.4 Å². The van der Waals surface area contributed by atoms with Gasteiger partial charge in [-0.05, 0) is 45.2 Å². The first-order chi connectivity index (χ1) is 11.3. The fourth-order valence-corrected chi connectivity index (χ4v) is 2.79. The average molecular weight is 320 g/mol. The Morgan fingerprint density at radius 2 is 1.70 bits per heavy atom. The Kier molecular flexibility index (Phi) is 5.02. The van der Waals surface area contributed by atoms with Gasteiger partial charge >= 0.3 is 5.97 Å². The molecule has 0 saturated carbocycles. The van der Waals surface area contributed by atoms with Crippen molar-refractivity contribution in [3.63, 3.8) is 0 Å². The molecular formula is C20H16O2S. The summed E-state index contributed by atoms with van der Waals surface area (Å²) in [4.78, 5) is 11.7. The number of carbonyl (C=O) groups excluding carboxylic acids is 1. The summed E-state index contributed by atoms with van der Waals surface area (Å²) >= 11 is 1.60. The summed E-state index contributed by atoms with van der Waals surface area (Å²) < 4.78 is 5.25. The highest BCUT2D eigenvalue weighted by atomic mass is 32.1. The molecule has 3 heteroatoms. The summed E-state index contributed by atoms with van der Waals surface area (Å²) in [7, 11) is 0. The smallest absolute Gasteiger partial charge is 0.331 e. The van der Waals surface area contributed by atoms with Gasteiger partial charge in [-0.2, -0.15) is 11.3 Å². The van der Waals surface area contributed by atoms with Gasteiger partial charge in [-0.3, -0.25) is 0 Å². The third kappa shape index (κ3) is 4.41. The van der Waals surface area contributed by atoms with Crippen molar-refractivity contribution in [3.8, 4) is 11.1 Å². The van der Waals surface area contributed by atoms with E-state index in [0.717, 1.165) is 16.7 Å². The lowest BCUT2D eigenvalue weighted by Crippen LogP contribution is -2.00. The van der Waals surface area contributed by atoms with Crippen LogP contribution in [0.3, 0.4) is 0 Å². The number of thiophene rings is 1. The monoisotopic (exact) mass is 320 g/mol. The molecule has 2 nitrogen and oxygen atoms in total. The Bertz CT molecular complexity index is 772. The van der Waals surface area contributed by atoms with Gasteiger partial charge in [0.25, 0.3) is 0 Å². The molecule has 3 rings (SSSR count). The number of hydrogen-bond acceptors (Lipinski definition) is 3. The second kappa shape index (κ2) is 7.56. The van der Waals surface area contributed by atoms with Crippen molar-refractivity contribution in [1.29, 1.82) is 0 Å². The number of benzene rings is 2. The molecule has 1 aromatic heterocycles. The maximum atomic E-state index is 11.7. The Morgan fingerprint density at radius 3 is 2.39 bits per heavy atom. The molecule has 0 spiro atoms. The number of carbonyl (C=O) groups is 1. The van der Waals surface area contributed by atoms with Crippen LogP contribution in [-0.2, 0) is 16.1 Å². The van der Waals surface area contributed by atoms with Crippen molar-refractivity contribution in [2.45, 2.75) is 6.61 Å². The first kappa shape index (κ1) is 15.3. The van der Waals surface area contributed by atoms with Gasteiger partial charge in [0.05, 0.1) is 0 Å². The summed E-state index contributed by atoms with van der Waals surface area (Å²) in [5.74, 6) is -0.330. The first-order valence-corrected chi connectivity index (χ1v) is 8.27. The third-order valence-electron chi connectivity index (χ3n) is 3.40. The second-order valence-electron chi connectivity index (χ2n) is 5.06. The van der Waals surface area contributed by atoms with E-state index >= 15 is 0 Å². The van der Waals surface area contributed by atoms with Crippen LogP contribution in [-0.4, -0.2) is 5.97 Å². The number of esters is 1. The highest BCUT2D eigenvalue weighted by Gasteiger charge is 2.01. The lowest BCUT2D eigenvalue weighted by atomic mass is 10.0. The normalized spacial score (nSPS) is 10.8. The third-order valence-corrected chi connectivity index (χ3v) is 4.10. The van der Waals surface area contributed by atoms with Crippen LogP contribution in [0.2, 0.25) is 0 Å². The Morgan fingerprint density at radius 1 is 0.957 bits per heavy atom. The van der Waals surface area contributed by atoms with Gasteiger partial charge in [0.2, 0.25) is 0 Å². The van der Waals surface area contributed by atoms with Crippen LogP contribution in [0.15, 0.2) is 77.5 Å². The van der Waals surface area contributed by atoms with Gasteiger partial charge in [0.1, 0.15) is 6.61 Å². The van der Waals surface area contributed by atoms with Crippen molar-refractivity contribution in [1.82, 2.24) is 0 Å². The van der Waals surface area contributed by atoms with Gasteiger partial charge in [-0.25, -0.2) is 4.79 Å². The highest BCUT2D eigenvalue weighted by molar-refractivity contribution is 7.08. The van der Waals surface area contributed by atoms with Gasteiger partial charge in [0.15, 0.2) is 0 Å². The molecular weight excluding hydrogens is 304 g/mol. The predicted octanol–water partition coefficient (Wildman–Crippen LogP) is 5.17. The van der Waals surface area contributed by atoms with Crippen LogP contribution < -0.4 is 0 Å². The topological polar surface area (TPSA) is 26.3 Å². The maximum absolute atomic E-state index is 11.7. The number of hydrogen-bond donors (Lipinski definition) is 0. The Labute approximate surface area is 139 Å². The first-order valence-electron chi connectivity index (χ1n) is 7.33. The molecule has 2 aromatic carbocycles. The summed E-state index contributed by atoms with van der Waals surface area (Å²) in [6.45, 7) is 0.280. The SMILES string of the molecule is O=C(/C=C/c1ccsc1)OCc1ccc(-c2ccccc2)cc1. The average Bonchev–Trinajstić information content (AvgIpc) is 3.13. The van der Waals surface area contributed by atoms with Crippen LogP contribution in [0.25, 0.3) is 17.2 Å². The van der Waals surface area contributed by atoms with E-state index in [4.69, 9.17) is 4.74 Å². The fourth-order valence-electron chi connectivity index (χ4n) is 2.16. The van der Waals surface area contributed by atoms with Crippen LogP contribution in [0.1, 0.15) is 11.1 Å². The van der Waals surface area contributed by atoms with E-state index in [-0.39, 0.29) is 12.6 Å². The zero-order valence-corrected chi connectivity index (χ0v) is 13.3. The molecule has 0 bridgehead atoms. The largest absolute Gasteiger partial charge is 0.458 e. The molecule has 0 aliphatic rings. The molecule has 1 heterocycles. The van der Waals surface area contributed by atoms with Crippen LogP contribution in [0, 0.1) is 0 Å². The minimum Gasteiger partial charge on any atom is -0.458 e. The van der Waals surface area contributed by atoms with Crippen molar-refractivity contribution in [2.24, 2.45) is 0 Å². The molecule has 3 aromatic rings. The molecule has 0 fully saturated rings. The minimum atomic E-state index is -0.330. The second-order valence-corrected chi connectivity index (χ2v) is 5.84. The molecule has 114 valence electrons. The molecule has 0 aliphatic carbocycles. The highest BCUT2D eigenvalue weighted by Crippen LogP contribution is 2.19. The lowest BCUT2D eigenvalue weighted by Gasteiger charge is -2.05. The van der Waals surface area contributed by atoms with Gasteiger partial charge in [-0.1, -0.05) is 54.6 Å². The van der Waals surface area contributed by atoms with Gasteiger partial charge in [0, 0.05) is 6.08 Å². The maximum Gasteiger partial charge on any atom is 0.331 e. The minimum absolute atomic E-state index is 0.280. The van der Waals surface area contributed by atoms with E-state index < -0.39 is 0 Å². The predicted molar refractivity (Wildman–Crippen MR) is 95.0 cm³/mol. The fraction of sp³-hybridized carbons (Fsp3) is 0.0500. The summed E-state index contributed by atoms with van der Waals surface area (Å²) in [5, 5.41) is 3.95. The molecule has 0 saturated heterocycles.